The van der Waals surface area contributed by atoms with Crippen LogP contribution in [0.15, 0.2) is 21.5 Å². The summed E-state index contributed by atoms with van der Waals surface area (Å²) >= 11 is 3.40. The van der Waals surface area contributed by atoms with Gasteiger partial charge >= 0.3 is 0 Å². The van der Waals surface area contributed by atoms with Crippen LogP contribution in [0.25, 0.3) is 0 Å². The third-order valence-electron chi connectivity index (χ3n) is 3.77. The number of hydrogen-bond donors (Lipinski definition) is 1. The number of nitrogens with zero attached hydrogens (tertiary/aromatic N) is 2. The Balaban J connectivity index is 2.24. The van der Waals surface area contributed by atoms with Gasteiger partial charge in [-0.05, 0) is 37.1 Å². The third-order valence-corrected chi connectivity index (χ3v) is 6.43. The topological polar surface area (TPSA) is 60.9 Å². The van der Waals surface area contributed by atoms with Crippen LogP contribution in [0.2, 0.25) is 0 Å². The summed E-state index contributed by atoms with van der Waals surface area (Å²) < 4.78 is 28.1. The largest absolute Gasteiger partial charge is 0.395 e. The number of sulfonamides is 1. The maximum Gasteiger partial charge on any atom is 0.243 e. The summed E-state index contributed by atoms with van der Waals surface area (Å²) in [7, 11) is -3.46. The maximum atomic E-state index is 12.8. The number of aliphatic hydroxyl groups excluding tert-OH is 1. The molecule has 21 heavy (non-hydrogen) atoms. The minimum absolute atomic E-state index is 0.109. The number of aliphatic hydroxyl groups is 1. The van der Waals surface area contributed by atoms with Crippen molar-refractivity contribution in [3.05, 3.63) is 27.7 Å². The van der Waals surface area contributed by atoms with Gasteiger partial charge in [-0.25, -0.2) is 8.42 Å². The number of hydrogen-bond acceptors (Lipinski definition) is 4. The lowest BCUT2D eigenvalue weighted by atomic mass is 10.2. The van der Waals surface area contributed by atoms with E-state index in [2.05, 4.69) is 20.8 Å². The first-order valence-corrected chi connectivity index (χ1v) is 9.19. The molecule has 1 saturated heterocycles. The molecule has 1 aliphatic heterocycles. The van der Waals surface area contributed by atoms with Gasteiger partial charge in [-0.1, -0.05) is 15.9 Å². The molecule has 118 valence electrons. The molecular weight excluding hydrogens is 356 g/mol. The van der Waals surface area contributed by atoms with Gasteiger partial charge in [0.25, 0.3) is 0 Å². The van der Waals surface area contributed by atoms with Crippen molar-refractivity contribution < 1.29 is 13.5 Å². The Morgan fingerprint density at radius 1 is 1.14 bits per heavy atom. The lowest BCUT2D eigenvalue weighted by molar-refractivity contribution is 0.151. The molecule has 0 aromatic heterocycles. The first kappa shape index (κ1) is 16.9. The van der Waals surface area contributed by atoms with Crippen LogP contribution in [-0.2, 0) is 10.0 Å². The quantitative estimate of drug-likeness (QED) is 0.861. The van der Waals surface area contributed by atoms with E-state index in [1.165, 1.54) is 0 Å². The summed E-state index contributed by atoms with van der Waals surface area (Å²) in [5, 5.41) is 8.94. The van der Waals surface area contributed by atoms with E-state index in [0.29, 0.717) is 37.6 Å². The van der Waals surface area contributed by atoms with Crippen molar-refractivity contribution in [1.82, 2.24) is 9.21 Å². The van der Waals surface area contributed by atoms with Crippen LogP contribution in [0.4, 0.5) is 0 Å². The van der Waals surface area contributed by atoms with Gasteiger partial charge in [-0.15, -0.1) is 0 Å². The molecule has 0 saturated carbocycles. The summed E-state index contributed by atoms with van der Waals surface area (Å²) in [6.45, 7) is 6.62. The fraction of sp³-hybridized carbons (Fsp3) is 0.571. The second-order valence-electron chi connectivity index (χ2n) is 5.34. The number of β-amino-alcohol motifs (C(OH)–C–C–N with tert-alkyl or cyclic N) is 1. The fourth-order valence-corrected chi connectivity index (χ4v) is 5.29. The molecule has 0 amide bonds. The van der Waals surface area contributed by atoms with Crippen molar-refractivity contribution in [2.24, 2.45) is 0 Å². The van der Waals surface area contributed by atoms with Gasteiger partial charge in [0.1, 0.15) is 0 Å². The molecule has 0 atom stereocenters. The zero-order valence-corrected chi connectivity index (χ0v) is 14.7. The van der Waals surface area contributed by atoms with Gasteiger partial charge < -0.3 is 5.11 Å². The van der Waals surface area contributed by atoms with Crippen molar-refractivity contribution in [3.63, 3.8) is 0 Å². The predicted molar refractivity (Wildman–Crippen MR) is 85.9 cm³/mol. The van der Waals surface area contributed by atoms with Gasteiger partial charge in [-0.2, -0.15) is 4.31 Å². The average molecular weight is 377 g/mol. The number of halogens is 1. The van der Waals surface area contributed by atoms with Crippen LogP contribution < -0.4 is 0 Å². The highest BCUT2D eigenvalue weighted by Crippen LogP contribution is 2.27. The van der Waals surface area contributed by atoms with Crippen LogP contribution in [0.3, 0.4) is 0 Å². The predicted octanol–water partition coefficient (Wildman–Crippen LogP) is 1.36. The highest BCUT2D eigenvalue weighted by Gasteiger charge is 2.30. The molecule has 0 radical (unpaired) electrons. The summed E-state index contributed by atoms with van der Waals surface area (Å²) in [6.07, 6.45) is 0. The number of benzene rings is 1. The molecule has 1 aromatic carbocycles. The van der Waals surface area contributed by atoms with E-state index >= 15 is 0 Å². The van der Waals surface area contributed by atoms with Crippen LogP contribution in [0.1, 0.15) is 11.1 Å². The number of aryl methyl sites for hydroxylation is 2. The van der Waals surface area contributed by atoms with E-state index in [-0.39, 0.29) is 6.61 Å². The monoisotopic (exact) mass is 376 g/mol. The molecule has 1 aromatic rings. The molecule has 1 heterocycles. The second kappa shape index (κ2) is 6.75. The third kappa shape index (κ3) is 3.65. The molecular formula is C14H21BrN2O3S. The standard InChI is InChI=1S/C14H21BrN2O3S/c1-11-9-13(15)10-12(2)14(11)21(19,20)17-5-3-16(4-6-17)7-8-18/h9-10,18H,3-8H2,1-2H3. The van der Waals surface area contributed by atoms with E-state index in [0.717, 1.165) is 15.6 Å². The van der Waals surface area contributed by atoms with Crippen molar-refractivity contribution in [2.45, 2.75) is 18.7 Å². The van der Waals surface area contributed by atoms with Crippen molar-refractivity contribution >= 4 is 26.0 Å². The molecule has 1 aliphatic rings. The Kier molecular flexibility index (Phi) is 5.43. The Hall–Kier alpha value is -0.470. The zero-order valence-electron chi connectivity index (χ0n) is 12.3. The minimum atomic E-state index is -3.46. The van der Waals surface area contributed by atoms with E-state index in [1.54, 1.807) is 4.31 Å². The van der Waals surface area contributed by atoms with Crippen molar-refractivity contribution in [1.29, 1.82) is 0 Å². The van der Waals surface area contributed by atoms with E-state index < -0.39 is 10.0 Å². The van der Waals surface area contributed by atoms with Crippen LogP contribution in [0.5, 0.6) is 0 Å². The molecule has 0 aliphatic carbocycles. The molecule has 0 unspecified atom stereocenters. The Bertz CT molecular complexity index is 588. The first-order valence-electron chi connectivity index (χ1n) is 6.96. The minimum Gasteiger partial charge on any atom is -0.395 e. The number of rotatable bonds is 4. The lowest BCUT2D eigenvalue weighted by Crippen LogP contribution is -2.49. The second-order valence-corrected chi connectivity index (χ2v) is 8.13. The summed E-state index contributed by atoms with van der Waals surface area (Å²) in [4.78, 5) is 2.49. The average Bonchev–Trinajstić information content (AvgIpc) is 2.38. The SMILES string of the molecule is Cc1cc(Br)cc(C)c1S(=O)(=O)N1CCN(CCO)CC1. The lowest BCUT2D eigenvalue weighted by Gasteiger charge is -2.34. The molecule has 0 spiro atoms. The highest BCUT2D eigenvalue weighted by atomic mass is 79.9. The Morgan fingerprint density at radius 3 is 2.14 bits per heavy atom. The van der Waals surface area contributed by atoms with Gasteiger partial charge in [0.05, 0.1) is 11.5 Å². The molecule has 2 rings (SSSR count). The first-order chi connectivity index (χ1) is 9.86. The number of piperazine rings is 1. The fourth-order valence-electron chi connectivity index (χ4n) is 2.77. The van der Waals surface area contributed by atoms with Crippen LogP contribution in [-0.4, -0.2) is 62.1 Å². The molecule has 1 fully saturated rings. The highest BCUT2D eigenvalue weighted by molar-refractivity contribution is 9.10. The van der Waals surface area contributed by atoms with Gasteiger partial charge in [0, 0.05) is 37.2 Å². The zero-order chi connectivity index (χ0) is 15.6. The summed E-state index contributed by atoms with van der Waals surface area (Å²) in [5.41, 5.74) is 1.53. The van der Waals surface area contributed by atoms with Crippen LogP contribution in [0, 0.1) is 13.8 Å². The van der Waals surface area contributed by atoms with Crippen LogP contribution >= 0.6 is 15.9 Å². The van der Waals surface area contributed by atoms with E-state index in [9.17, 15) is 8.42 Å². The Morgan fingerprint density at radius 2 is 1.67 bits per heavy atom. The van der Waals surface area contributed by atoms with E-state index in [1.807, 2.05) is 26.0 Å². The molecule has 5 nitrogen and oxygen atoms in total. The molecule has 0 bridgehead atoms. The van der Waals surface area contributed by atoms with Gasteiger partial charge in [0.2, 0.25) is 10.0 Å². The summed E-state index contributed by atoms with van der Waals surface area (Å²) in [6, 6.07) is 3.67. The maximum absolute atomic E-state index is 12.8. The van der Waals surface area contributed by atoms with Crippen molar-refractivity contribution in [2.75, 3.05) is 39.3 Å². The normalized spacial score (nSPS) is 18.1. The summed E-state index contributed by atoms with van der Waals surface area (Å²) in [5.74, 6) is 0. The Labute approximate surface area is 134 Å². The van der Waals surface area contributed by atoms with Gasteiger partial charge in [0.15, 0.2) is 0 Å². The molecule has 1 N–H and O–H groups in total. The van der Waals surface area contributed by atoms with Gasteiger partial charge in [-0.3, -0.25) is 4.90 Å². The van der Waals surface area contributed by atoms with Crippen molar-refractivity contribution in [3.8, 4) is 0 Å². The smallest absolute Gasteiger partial charge is 0.243 e. The van der Waals surface area contributed by atoms with E-state index in [4.69, 9.17) is 5.11 Å². The molecule has 7 heteroatoms.